The number of benzene rings is 1. The number of likely N-dealkylation sites (tertiary alicyclic amines) is 1. The van der Waals surface area contributed by atoms with E-state index in [1.54, 1.807) is 23.1 Å². The minimum Gasteiger partial charge on any atom is -0.332 e. The van der Waals surface area contributed by atoms with Crippen LogP contribution >= 0.6 is 11.3 Å². The van der Waals surface area contributed by atoms with Gasteiger partial charge in [-0.1, -0.05) is 32.0 Å². The SMILES string of the molecule is CC(C)c1ccc(N2C(=O)N[C@@H]3CCN(C(=O)c4cccs4)[C@H]3C2=O)cc1. The van der Waals surface area contributed by atoms with Crippen molar-refractivity contribution in [3.8, 4) is 0 Å². The molecule has 0 bridgehead atoms. The maximum atomic E-state index is 13.2. The van der Waals surface area contributed by atoms with E-state index in [9.17, 15) is 14.4 Å². The summed E-state index contributed by atoms with van der Waals surface area (Å²) in [6.07, 6.45) is 0.583. The van der Waals surface area contributed by atoms with Gasteiger partial charge in [0.05, 0.1) is 16.6 Å². The van der Waals surface area contributed by atoms with Crippen LogP contribution in [0.15, 0.2) is 41.8 Å². The van der Waals surface area contributed by atoms with Crippen LogP contribution in [0.25, 0.3) is 0 Å². The van der Waals surface area contributed by atoms with Gasteiger partial charge in [-0.05, 0) is 41.5 Å². The highest BCUT2D eigenvalue weighted by molar-refractivity contribution is 7.12. The van der Waals surface area contributed by atoms with Gasteiger partial charge in [-0.15, -0.1) is 11.3 Å². The number of carbonyl (C=O) groups excluding carboxylic acids is 3. The van der Waals surface area contributed by atoms with E-state index >= 15 is 0 Å². The molecule has 0 saturated carbocycles. The molecule has 27 heavy (non-hydrogen) atoms. The predicted molar refractivity (Wildman–Crippen MR) is 104 cm³/mol. The fourth-order valence-corrected chi connectivity index (χ4v) is 4.41. The third-order valence-electron chi connectivity index (χ3n) is 5.19. The summed E-state index contributed by atoms with van der Waals surface area (Å²) in [5.41, 5.74) is 1.66. The van der Waals surface area contributed by atoms with Crippen molar-refractivity contribution >= 4 is 34.9 Å². The van der Waals surface area contributed by atoms with E-state index in [0.29, 0.717) is 29.4 Å². The van der Waals surface area contributed by atoms with Gasteiger partial charge in [0.25, 0.3) is 11.8 Å². The number of fused-ring (bicyclic) bond motifs is 1. The van der Waals surface area contributed by atoms with Crippen LogP contribution in [0.2, 0.25) is 0 Å². The fourth-order valence-electron chi connectivity index (χ4n) is 3.73. The van der Waals surface area contributed by atoms with Crippen molar-refractivity contribution in [3.63, 3.8) is 0 Å². The topological polar surface area (TPSA) is 69.7 Å². The first kappa shape index (κ1) is 17.7. The van der Waals surface area contributed by atoms with Crippen LogP contribution in [0.3, 0.4) is 0 Å². The number of nitrogens with zero attached hydrogens (tertiary/aromatic N) is 2. The molecule has 0 unspecified atom stereocenters. The molecule has 1 N–H and O–H groups in total. The van der Waals surface area contributed by atoms with E-state index in [4.69, 9.17) is 0 Å². The van der Waals surface area contributed by atoms with Crippen molar-refractivity contribution in [2.45, 2.75) is 38.3 Å². The second-order valence-corrected chi connectivity index (χ2v) is 8.13. The van der Waals surface area contributed by atoms with Gasteiger partial charge < -0.3 is 10.2 Å². The van der Waals surface area contributed by atoms with E-state index in [2.05, 4.69) is 19.2 Å². The number of thiophene rings is 1. The highest BCUT2D eigenvalue weighted by Gasteiger charge is 2.50. The molecule has 4 amide bonds. The molecule has 0 spiro atoms. The van der Waals surface area contributed by atoms with Crippen molar-refractivity contribution in [2.75, 3.05) is 11.4 Å². The number of hydrogen-bond donors (Lipinski definition) is 1. The van der Waals surface area contributed by atoms with Crippen LogP contribution in [0.1, 0.15) is 41.4 Å². The number of urea groups is 1. The second-order valence-electron chi connectivity index (χ2n) is 7.19. The Hall–Kier alpha value is -2.67. The van der Waals surface area contributed by atoms with Gasteiger partial charge in [-0.25, -0.2) is 9.69 Å². The molecule has 2 aliphatic heterocycles. The molecular weight excluding hydrogens is 362 g/mol. The summed E-state index contributed by atoms with van der Waals surface area (Å²) in [7, 11) is 0. The Balaban J connectivity index is 1.63. The summed E-state index contributed by atoms with van der Waals surface area (Å²) >= 11 is 1.36. The Morgan fingerprint density at radius 1 is 1.19 bits per heavy atom. The smallest absolute Gasteiger partial charge is 0.329 e. The van der Waals surface area contributed by atoms with E-state index < -0.39 is 12.1 Å². The molecule has 6 nitrogen and oxygen atoms in total. The number of rotatable bonds is 3. The lowest BCUT2D eigenvalue weighted by atomic mass is 10.0. The summed E-state index contributed by atoms with van der Waals surface area (Å²) < 4.78 is 0. The zero-order valence-corrected chi connectivity index (χ0v) is 16.0. The number of nitrogens with one attached hydrogen (secondary N) is 1. The maximum absolute atomic E-state index is 13.2. The summed E-state index contributed by atoms with van der Waals surface area (Å²) in [6.45, 7) is 4.63. The lowest BCUT2D eigenvalue weighted by Crippen LogP contribution is -2.65. The zero-order valence-electron chi connectivity index (χ0n) is 15.2. The van der Waals surface area contributed by atoms with Crippen molar-refractivity contribution in [1.29, 1.82) is 0 Å². The Morgan fingerprint density at radius 3 is 2.56 bits per heavy atom. The van der Waals surface area contributed by atoms with Crippen LogP contribution in [0.5, 0.6) is 0 Å². The number of hydrogen-bond acceptors (Lipinski definition) is 4. The normalized spacial score (nSPS) is 22.2. The van der Waals surface area contributed by atoms with Gasteiger partial charge in [-0.3, -0.25) is 9.59 Å². The van der Waals surface area contributed by atoms with Crippen LogP contribution in [-0.4, -0.2) is 41.4 Å². The van der Waals surface area contributed by atoms with E-state index in [-0.39, 0.29) is 17.9 Å². The largest absolute Gasteiger partial charge is 0.332 e. The highest BCUT2D eigenvalue weighted by Crippen LogP contribution is 2.30. The Kier molecular flexibility index (Phi) is 4.47. The van der Waals surface area contributed by atoms with Crippen LogP contribution in [0.4, 0.5) is 10.5 Å². The fraction of sp³-hybridized carbons (Fsp3) is 0.350. The quantitative estimate of drug-likeness (QED) is 0.885. The lowest BCUT2D eigenvalue weighted by molar-refractivity contribution is -0.122. The van der Waals surface area contributed by atoms with Crippen LogP contribution < -0.4 is 10.2 Å². The van der Waals surface area contributed by atoms with Crippen molar-refractivity contribution < 1.29 is 14.4 Å². The van der Waals surface area contributed by atoms with Crippen molar-refractivity contribution in [3.05, 3.63) is 52.2 Å². The molecule has 0 radical (unpaired) electrons. The third kappa shape index (κ3) is 3.02. The third-order valence-corrected chi connectivity index (χ3v) is 6.05. The van der Waals surface area contributed by atoms with Crippen molar-refractivity contribution in [2.24, 2.45) is 0 Å². The predicted octanol–water partition coefficient (Wildman–Crippen LogP) is 3.21. The molecule has 4 rings (SSSR count). The first-order chi connectivity index (χ1) is 13.0. The molecule has 7 heteroatoms. The first-order valence-electron chi connectivity index (χ1n) is 9.06. The molecule has 2 aliphatic rings. The Bertz CT molecular complexity index is 876. The van der Waals surface area contributed by atoms with Crippen LogP contribution in [0, 0.1) is 0 Å². The first-order valence-corrected chi connectivity index (χ1v) is 9.94. The second kappa shape index (κ2) is 6.81. The van der Waals surface area contributed by atoms with Gasteiger partial charge >= 0.3 is 6.03 Å². The molecule has 2 aromatic rings. The molecule has 2 saturated heterocycles. The minimum atomic E-state index is -0.665. The van der Waals surface area contributed by atoms with Crippen LogP contribution in [-0.2, 0) is 4.79 Å². The lowest BCUT2D eigenvalue weighted by Gasteiger charge is -2.36. The monoisotopic (exact) mass is 383 g/mol. The average Bonchev–Trinajstić information content (AvgIpc) is 3.31. The zero-order chi connectivity index (χ0) is 19.1. The van der Waals surface area contributed by atoms with Crippen molar-refractivity contribution in [1.82, 2.24) is 10.2 Å². The van der Waals surface area contributed by atoms with Gasteiger partial charge in [0.1, 0.15) is 6.04 Å². The average molecular weight is 383 g/mol. The summed E-state index contributed by atoms with van der Waals surface area (Å²) in [5, 5.41) is 4.74. The molecule has 2 fully saturated rings. The standard InChI is InChI=1S/C20H21N3O3S/c1-12(2)13-5-7-14(8-6-13)23-19(25)17-15(21-20(23)26)9-10-22(17)18(24)16-4-3-11-27-16/h3-8,11-12,15,17H,9-10H2,1-2H3,(H,21,26)/t15-,17-/m1/s1. The van der Waals surface area contributed by atoms with Gasteiger partial charge in [-0.2, -0.15) is 0 Å². The molecular formula is C20H21N3O3S. The highest BCUT2D eigenvalue weighted by atomic mass is 32.1. The molecule has 1 aromatic carbocycles. The van der Waals surface area contributed by atoms with Gasteiger partial charge in [0, 0.05) is 6.54 Å². The van der Waals surface area contributed by atoms with E-state index in [0.717, 1.165) is 10.5 Å². The van der Waals surface area contributed by atoms with E-state index in [1.165, 1.54) is 11.3 Å². The van der Waals surface area contributed by atoms with Gasteiger partial charge in [0.2, 0.25) is 0 Å². The summed E-state index contributed by atoms with van der Waals surface area (Å²) in [4.78, 5) is 41.9. The number of carbonyl (C=O) groups is 3. The Labute approximate surface area is 161 Å². The number of imide groups is 1. The maximum Gasteiger partial charge on any atom is 0.329 e. The number of amides is 4. The molecule has 2 atom stereocenters. The molecule has 1 aromatic heterocycles. The van der Waals surface area contributed by atoms with Gasteiger partial charge in [0.15, 0.2) is 0 Å². The molecule has 140 valence electrons. The van der Waals surface area contributed by atoms with E-state index in [1.807, 2.05) is 23.6 Å². The molecule has 0 aliphatic carbocycles. The molecule has 3 heterocycles. The number of anilines is 1. The Morgan fingerprint density at radius 2 is 1.93 bits per heavy atom. The minimum absolute atomic E-state index is 0.155. The summed E-state index contributed by atoms with van der Waals surface area (Å²) in [6, 6.07) is 9.58. The summed E-state index contributed by atoms with van der Waals surface area (Å²) in [5.74, 6) is -0.136.